The van der Waals surface area contributed by atoms with Gasteiger partial charge in [0.15, 0.2) is 0 Å². The van der Waals surface area contributed by atoms with Gasteiger partial charge in [0, 0.05) is 10.0 Å². The first-order valence-corrected chi connectivity index (χ1v) is 8.78. The molecule has 3 aromatic carbocycles. The van der Waals surface area contributed by atoms with Crippen LogP contribution in [0.3, 0.4) is 0 Å². The van der Waals surface area contributed by atoms with Gasteiger partial charge in [0.25, 0.3) is 5.56 Å². The fraction of sp³-hybridized carbons (Fsp3) is 0.0476. The second-order valence-corrected chi connectivity index (χ2v) is 6.76. The predicted octanol–water partition coefficient (Wildman–Crippen LogP) is 5.12. The zero-order valence-electron chi connectivity index (χ0n) is 13.6. The number of hydrogen-bond acceptors (Lipinski definition) is 2. The summed E-state index contributed by atoms with van der Waals surface area (Å²) in [4.78, 5) is 18.0. The van der Waals surface area contributed by atoms with Crippen molar-refractivity contribution in [3.63, 3.8) is 0 Å². The first kappa shape index (κ1) is 15.8. The number of halogens is 1. The van der Waals surface area contributed by atoms with Crippen LogP contribution in [0, 0.1) is 6.92 Å². The van der Waals surface area contributed by atoms with Gasteiger partial charge in [-0.05, 0) is 47.1 Å². The molecule has 25 heavy (non-hydrogen) atoms. The molecule has 4 heteroatoms. The molecular formula is C21H15BrN2O. The molecule has 0 amide bonds. The van der Waals surface area contributed by atoms with Crippen LogP contribution >= 0.6 is 15.9 Å². The van der Waals surface area contributed by atoms with Gasteiger partial charge in [-0.1, -0.05) is 54.1 Å². The monoisotopic (exact) mass is 390 g/mol. The van der Waals surface area contributed by atoms with Gasteiger partial charge in [-0.15, -0.1) is 0 Å². The lowest BCUT2D eigenvalue weighted by Crippen LogP contribution is -2.22. The number of rotatable bonds is 2. The number of fused-ring (bicyclic) bond motifs is 1. The fourth-order valence-corrected chi connectivity index (χ4v) is 3.35. The van der Waals surface area contributed by atoms with E-state index >= 15 is 0 Å². The lowest BCUT2D eigenvalue weighted by molar-refractivity contribution is 0.970. The highest BCUT2D eigenvalue weighted by Gasteiger charge is 2.15. The molecule has 0 aliphatic rings. The van der Waals surface area contributed by atoms with Gasteiger partial charge in [-0.25, -0.2) is 4.98 Å². The predicted molar refractivity (Wildman–Crippen MR) is 105 cm³/mol. The quantitative estimate of drug-likeness (QED) is 0.475. The molecule has 1 heterocycles. The lowest BCUT2D eigenvalue weighted by Gasteiger charge is -2.15. The van der Waals surface area contributed by atoms with Gasteiger partial charge in [0.1, 0.15) is 5.82 Å². The maximum absolute atomic E-state index is 13.2. The van der Waals surface area contributed by atoms with E-state index < -0.39 is 0 Å². The van der Waals surface area contributed by atoms with E-state index in [1.165, 1.54) is 5.56 Å². The van der Waals surface area contributed by atoms with E-state index in [0.717, 1.165) is 15.7 Å². The van der Waals surface area contributed by atoms with Crippen molar-refractivity contribution in [2.75, 3.05) is 0 Å². The van der Waals surface area contributed by atoms with E-state index in [0.29, 0.717) is 16.7 Å². The summed E-state index contributed by atoms with van der Waals surface area (Å²) >= 11 is 3.56. The summed E-state index contributed by atoms with van der Waals surface area (Å²) in [5.41, 5.74) is 3.48. The average Bonchev–Trinajstić information content (AvgIpc) is 2.63. The smallest absolute Gasteiger partial charge is 0.266 e. The van der Waals surface area contributed by atoms with Crippen molar-refractivity contribution in [3.8, 4) is 17.1 Å². The Balaban J connectivity index is 2.13. The summed E-state index contributed by atoms with van der Waals surface area (Å²) in [6.45, 7) is 2.04. The minimum Gasteiger partial charge on any atom is -0.268 e. The first-order chi connectivity index (χ1) is 12.1. The Bertz CT molecular complexity index is 1130. The van der Waals surface area contributed by atoms with Crippen LogP contribution in [0.5, 0.6) is 0 Å². The summed E-state index contributed by atoms with van der Waals surface area (Å²) in [7, 11) is 0. The van der Waals surface area contributed by atoms with Crippen molar-refractivity contribution in [2.24, 2.45) is 0 Å². The molecule has 0 radical (unpaired) electrons. The SMILES string of the molecule is Cc1ccc(-c2nc3ccccc3c(=O)n2-c2ccccc2Br)cc1. The Kier molecular flexibility index (Phi) is 3.98. The Hall–Kier alpha value is -2.72. The minimum absolute atomic E-state index is 0.0759. The second kappa shape index (κ2) is 6.30. The highest BCUT2D eigenvalue weighted by Crippen LogP contribution is 2.26. The first-order valence-electron chi connectivity index (χ1n) is 7.99. The maximum atomic E-state index is 13.2. The van der Waals surface area contributed by atoms with Gasteiger partial charge in [0.05, 0.1) is 16.6 Å². The third kappa shape index (κ3) is 2.79. The molecule has 4 rings (SSSR count). The second-order valence-electron chi connectivity index (χ2n) is 5.91. The Morgan fingerprint density at radius 2 is 1.56 bits per heavy atom. The molecular weight excluding hydrogens is 376 g/mol. The van der Waals surface area contributed by atoms with Gasteiger partial charge < -0.3 is 0 Å². The van der Waals surface area contributed by atoms with Gasteiger partial charge in [-0.2, -0.15) is 0 Å². The molecule has 0 fully saturated rings. The summed E-state index contributed by atoms with van der Waals surface area (Å²) < 4.78 is 2.53. The molecule has 0 aliphatic carbocycles. The van der Waals surface area contributed by atoms with Gasteiger partial charge in [0.2, 0.25) is 0 Å². The summed E-state index contributed by atoms with van der Waals surface area (Å²) in [5.74, 6) is 0.635. The number of benzene rings is 3. The zero-order chi connectivity index (χ0) is 17.4. The van der Waals surface area contributed by atoms with E-state index in [9.17, 15) is 4.79 Å². The van der Waals surface area contributed by atoms with Crippen LogP contribution in [-0.2, 0) is 0 Å². The summed E-state index contributed by atoms with van der Waals surface area (Å²) in [5, 5.41) is 0.606. The van der Waals surface area contributed by atoms with Crippen LogP contribution in [0.15, 0.2) is 82.1 Å². The minimum atomic E-state index is -0.0759. The molecule has 4 aromatic rings. The fourth-order valence-electron chi connectivity index (χ4n) is 2.89. The Labute approximate surface area is 153 Å². The average molecular weight is 391 g/mol. The molecule has 1 aromatic heterocycles. The van der Waals surface area contributed by atoms with Crippen LogP contribution < -0.4 is 5.56 Å². The summed E-state index contributed by atoms with van der Waals surface area (Å²) in [6, 6.07) is 23.2. The Morgan fingerprint density at radius 3 is 2.32 bits per heavy atom. The van der Waals surface area contributed by atoms with Crippen molar-refractivity contribution < 1.29 is 0 Å². The molecule has 122 valence electrons. The molecule has 0 aliphatic heterocycles. The van der Waals surface area contributed by atoms with Crippen molar-refractivity contribution in [1.82, 2.24) is 9.55 Å². The van der Waals surface area contributed by atoms with Crippen LogP contribution in [0.2, 0.25) is 0 Å². The normalized spacial score (nSPS) is 11.0. The zero-order valence-corrected chi connectivity index (χ0v) is 15.2. The van der Waals surface area contributed by atoms with Gasteiger partial charge in [-0.3, -0.25) is 9.36 Å². The maximum Gasteiger partial charge on any atom is 0.266 e. The van der Waals surface area contributed by atoms with Crippen LogP contribution in [-0.4, -0.2) is 9.55 Å². The Morgan fingerprint density at radius 1 is 0.880 bits per heavy atom. The summed E-state index contributed by atoms with van der Waals surface area (Å²) in [6.07, 6.45) is 0. The molecule has 3 nitrogen and oxygen atoms in total. The topological polar surface area (TPSA) is 34.9 Å². The van der Waals surface area contributed by atoms with Crippen LogP contribution in [0.4, 0.5) is 0 Å². The van der Waals surface area contributed by atoms with E-state index in [-0.39, 0.29) is 5.56 Å². The van der Waals surface area contributed by atoms with Crippen molar-refractivity contribution in [3.05, 3.63) is 93.2 Å². The van der Waals surface area contributed by atoms with Crippen molar-refractivity contribution in [2.45, 2.75) is 6.92 Å². The van der Waals surface area contributed by atoms with E-state index in [2.05, 4.69) is 15.9 Å². The third-order valence-corrected chi connectivity index (χ3v) is 4.85. The number of nitrogens with zero attached hydrogens (tertiary/aromatic N) is 2. The molecule has 0 bridgehead atoms. The molecule has 0 saturated carbocycles. The molecule has 0 atom stereocenters. The van der Waals surface area contributed by atoms with E-state index in [1.807, 2.05) is 79.7 Å². The molecule has 0 spiro atoms. The highest BCUT2D eigenvalue weighted by atomic mass is 79.9. The highest BCUT2D eigenvalue weighted by molar-refractivity contribution is 9.10. The molecule has 0 saturated heterocycles. The number of aryl methyl sites for hydroxylation is 1. The largest absolute Gasteiger partial charge is 0.268 e. The van der Waals surface area contributed by atoms with E-state index in [4.69, 9.17) is 4.98 Å². The van der Waals surface area contributed by atoms with Crippen LogP contribution in [0.1, 0.15) is 5.56 Å². The third-order valence-electron chi connectivity index (χ3n) is 4.18. The lowest BCUT2D eigenvalue weighted by atomic mass is 10.1. The standard InChI is InChI=1S/C21H15BrN2O/c1-14-10-12-15(13-11-14)20-23-18-8-4-2-6-16(18)21(25)24(20)19-9-5-3-7-17(19)22/h2-13H,1H3. The molecule has 0 N–H and O–H groups in total. The number of para-hydroxylation sites is 2. The van der Waals surface area contributed by atoms with E-state index in [1.54, 1.807) is 4.57 Å². The van der Waals surface area contributed by atoms with Crippen LogP contribution in [0.25, 0.3) is 28.0 Å². The van der Waals surface area contributed by atoms with Crippen molar-refractivity contribution in [1.29, 1.82) is 0 Å². The number of aromatic nitrogens is 2. The number of hydrogen-bond donors (Lipinski definition) is 0. The van der Waals surface area contributed by atoms with Gasteiger partial charge >= 0.3 is 0 Å². The molecule has 0 unspecified atom stereocenters. The van der Waals surface area contributed by atoms with Crippen molar-refractivity contribution >= 4 is 26.8 Å².